The van der Waals surface area contributed by atoms with Crippen LogP contribution in [0, 0.1) is 24.2 Å². The normalized spacial score (nSPS) is 13.4. The summed E-state index contributed by atoms with van der Waals surface area (Å²) in [5.41, 5.74) is 4.17. The summed E-state index contributed by atoms with van der Waals surface area (Å²) in [6.45, 7) is 0. The fourth-order valence-corrected chi connectivity index (χ4v) is 4.05. The van der Waals surface area contributed by atoms with Crippen molar-refractivity contribution in [1.29, 1.82) is 0 Å². The zero-order valence-corrected chi connectivity index (χ0v) is 16.5. The van der Waals surface area contributed by atoms with Gasteiger partial charge in [-0.3, -0.25) is 30.6 Å². The largest absolute Gasteiger partial charge is 0.492 e. The van der Waals surface area contributed by atoms with Crippen molar-refractivity contribution in [2.45, 2.75) is 0 Å². The summed E-state index contributed by atoms with van der Waals surface area (Å²) in [4.78, 5) is 25.5. The molecule has 0 aliphatic carbocycles. The van der Waals surface area contributed by atoms with E-state index in [1.54, 1.807) is 12.3 Å². The average Bonchev–Trinajstić information content (AvgIpc) is 3.24. The van der Waals surface area contributed by atoms with Crippen LogP contribution in [0.25, 0.3) is 11.6 Å². The molecule has 0 fully saturated rings. The van der Waals surface area contributed by atoms with Crippen LogP contribution >= 0.6 is 23.6 Å². The maximum absolute atomic E-state index is 11.3. The number of hydrogen-bond acceptors (Lipinski definition) is 9. The number of nitrogens with zero attached hydrogens (tertiary/aromatic N) is 4. The van der Waals surface area contributed by atoms with Crippen LogP contribution in [0.5, 0.6) is 5.88 Å². The van der Waals surface area contributed by atoms with Crippen molar-refractivity contribution in [3.8, 4) is 5.88 Å². The summed E-state index contributed by atoms with van der Waals surface area (Å²) in [5, 5.41) is 32.9. The van der Waals surface area contributed by atoms with Crippen LogP contribution in [0.15, 0.2) is 47.5 Å². The van der Waals surface area contributed by atoms with Gasteiger partial charge in [0.25, 0.3) is 5.69 Å². The Morgan fingerprint density at radius 3 is 2.67 bits per heavy atom. The molecule has 1 aliphatic rings. The third-order valence-electron chi connectivity index (χ3n) is 4.28. The van der Waals surface area contributed by atoms with Gasteiger partial charge in [-0.15, -0.1) is 0 Å². The molecule has 0 unspecified atom stereocenters. The number of non-ortho nitro benzene ring substituents is 1. The first-order chi connectivity index (χ1) is 14.3. The first kappa shape index (κ1) is 19.4. The Hall–Kier alpha value is -3.90. The molecular formula is C18H11N5O5S2. The number of benzene rings is 2. The summed E-state index contributed by atoms with van der Waals surface area (Å²) in [6.07, 6.45) is 3.39. The molecule has 4 rings (SSSR count). The second kappa shape index (κ2) is 7.50. The number of fused-ring (bicyclic) bond motifs is 1. The molecule has 3 aromatic rings. The van der Waals surface area contributed by atoms with Crippen molar-refractivity contribution in [2.75, 3.05) is 5.43 Å². The van der Waals surface area contributed by atoms with Crippen LogP contribution in [-0.2, 0) is 0 Å². The molecule has 1 aliphatic heterocycles. The third-order valence-corrected chi connectivity index (χ3v) is 5.59. The molecule has 1 aromatic heterocycles. The van der Waals surface area contributed by atoms with E-state index in [0.717, 1.165) is 45.0 Å². The Bertz CT molecular complexity index is 1320. The number of para-hydroxylation sites is 1. The lowest BCUT2D eigenvalue weighted by molar-refractivity contribution is -0.393. The quantitative estimate of drug-likeness (QED) is 0.325. The Labute approximate surface area is 177 Å². The Balaban J connectivity index is 1.72. The fraction of sp³-hybridized carbons (Fsp3) is 0. The van der Waals surface area contributed by atoms with Crippen molar-refractivity contribution in [1.82, 2.24) is 4.68 Å². The van der Waals surface area contributed by atoms with Crippen LogP contribution in [-0.4, -0.2) is 25.8 Å². The smallest absolute Gasteiger partial charge is 0.300 e. The molecule has 0 radical (unpaired) electrons. The number of aliphatic imine (C=N–C) groups is 1. The standard InChI is InChI=1S/C18H11N5O5S2/c24-17-16(7-10-9-19-13-4-2-1-3-12(10)13)30-18(29)21(17)20-14-6-5-11(22(25)26)8-15(14)23(27)28/h1-9,20,24H/b10-7-. The molecule has 0 saturated carbocycles. The molecule has 0 atom stereocenters. The number of nitro benzene ring substituents is 2. The molecule has 30 heavy (non-hydrogen) atoms. The van der Waals surface area contributed by atoms with Gasteiger partial charge in [0.2, 0.25) is 5.88 Å². The van der Waals surface area contributed by atoms with Crippen LogP contribution in [0.4, 0.5) is 22.7 Å². The predicted octanol–water partition coefficient (Wildman–Crippen LogP) is 4.93. The van der Waals surface area contributed by atoms with Crippen LogP contribution in [0.1, 0.15) is 10.4 Å². The first-order valence-electron chi connectivity index (χ1n) is 8.35. The SMILES string of the molecule is O=[N+]([O-])c1ccc(Nn2c(O)c(/C=C3/C=Nc4ccccc43)sc2=S)c([N+](=O)[O-])c1. The van der Waals surface area contributed by atoms with E-state index in [0.29, 0.717) is 4.88 Å². The Kier molecular flexibility index (Phi) is 4.85. The van der Waals surface area contributed by atoms with Gasteiger partial charge < -0.3 is 5.11 Å². The summed E-state index contributed by atoms with van der Waals surface area (Å²) in [5.74, 6) is -0.247. The van der Waals surface area contributed by atoms with E-state index in [9.17, 15) is 25.3 Å². The van der Waals surface area contributed by atoms with Crippen molar-refractivity contribution in [3.63, 3.8) is 0 Å². The van der Waals surface area contributed by atoms with E-state index in [1.165, 1.54) is 6.07 Å². The van der Waals surface area contributed by atoms with E-state index in [1.807, 2.05) is 24.3 Å². The number of aromatic hydroxyl groups is 1. The van der Waals surface area contributed by atoms with Crippen molar-refractivity contribution < 1.29 is 15.0 Å². The zero-order valence-electron chi connectivity index (χ0n) is 14.9. The zero-order chi connectivity index (χ0) is 21.4. The molecule has 0 spiro atoms. The lowest BCUT2D eigenvalue weighted by Gasteiger charge is -2.09. The third kappa shape index (κ3) is 3.44. The van der Waals surface area contributed by atoms with Gasteiger partial charge in [0.05, 0.1) is 26.5 Å². The van der Waals surface area contributed by atoms with Crippen LogP contribution in [0.3, 0.4) is 0 Å². The highest BCUT2D eigenvalue weighted by Crippen LogP contribution is 2.36. The molecule has 0 bridgehead atoms. The lowest BCUT2D eigenvalue weighted by Crippen LogP contribution is -2.10. The number of allylic oxidation sites excluding steroid dienone is 1. The van der Waals surface area contributed by atoms with E-state index in [-0.39, 0.29) is 15.5 Å². The minimum absolute atomic E-state index is 0.0539. The highest BCUT2D eigenvalue weighted by Gasteiger charge is 2.22. The molecule has 2 aromatic carbocycles. The number of aromatic nitrogens is 1. The number of hydrogen-bond donors (Lipinski definition) is 2. The van der Waals surface area contributed by atoms with Gasteiger partial charge in [0.15, 0.2) is 3.95 Å². The maximum atomic E-state index is 11.3. The number of nitrogens with one attached hydrogen (secondary N) is 1. The van der Waals surface area contributed by atoms with E-state index in [2.05, 4.69) is 10.4 Å². The van der Waals surface area contributed by atoms with Crippen molar-refractivity contribution >= 4 is 64.2 Å². The van der Waals surface area contributed by atoms with Gasteiger partial charge >= 0.3 is 5.69 Å². The maximum Gasteiger partial charge on any atom is 0.300 e. The van der Waals surface area contributed by atoms with Gasteiger partial charge in [0.1, 0.15) is 5.69 Å². The van der Waals surface area contributed by atoms with Crippen LogP contribution < -0.4 is 5.43 Å². The fourth-order valence-electron chi connectivity index (χ4n) is 2.87. The van der Waals surface area contributed by atoms with E-state index < -0.39 is 21.2 Å². The van der Waals surface area contributed by atoms with Gasteiger partial charge in [-0.25, -0.2) is 4.68 Å². The molecule has 2 heterocycles. The van der Waals surface area contributed by atoms with Crippen LogP contribution in [0.2, 0.25) is 0 Å². The highest BCUT2D eigenvalue weighted by atomic mass is 32.1. The Morgan fingerprint density at radius 1 is 1.17 bits per heavy atom. The molecule has 0 amide bonds. The van der Waals surface area contributed by atoms with E-state index in [4.69, 9.17) is 12.2 Å². The first-order valence-corrected chi connectivity index (χ1v) is 9.57. The molecular weight excluding hydrogens is 430 g/mol. The van der Waals surface area contributed by atoms with Crippen molar-refractivity contribution in [3.05, 3.63) is 77.1 Å². The summed E-state index contributed by atoms with van der Waals surface area (Å²) >= 11 is 6.37. The van der Waals surface area contributed by atoms with Gasteiger partial charge in [-0.05, 0) is 30.4 Å². The molecule has 10 nitrogen and oxygen atoms in total. The van der Waals surface area contributed by atoms with Gasteiger partial charge in [0, 0.05) is 23.4 Å². The Morgan fingerprint density at radius 2 is 1.93 bits per heavy atom. The minimum Gasteiger partial charge on any atom is -0.492 e. The van der Waals surface area contributed by atoms with Gasteiger partial charge in [-0.1, -0.05) is 29.5 Å². The topological polar surface area (TPSA) is 136 Å². The summed E-state index contributed by atoms with van der Waals surface area (Å²) in [7, 11) is 0. The second-order valence-electron chi connectivity index (χ2n) is 6.09. The number of nitro groups is 2. The molecule has 2 N–H and O–H groups in total. The lowest BCUT2D eigenvalue weighted by atomic mass is 10.1. The summed E-state index contributed by atoms with van der Waals surface area (Å²) < 4.78 is 1.31. The van der Waals surface area contributed by atoms with Gasteiger partial charge in [-0.2, -0.15) is 0 Å². The average molecular weight is 441 g/mol. The minimum atomic E-state index is -0.753. The highest BCUT2D eigenvalue weighted by molar-refractivity contribution is 7.73. The van der Waals surface area contributed by atoms with Crippen molar-refractivity contribution in [2.24, 2.45) is 4.99 Å². The number of thiazole rings is 1. The second-order valence-corrected chi connectivity index (χ2v) is 7.77. The molecule has 12 heteroatoms. The van der Waals surface area contributed by atoms with E-state index >= 15 is 0 Å². The molecule has 150 valence electrons. The monoisotopic (exact) mass is 441 g/mol. The predicted molar refractivity (Wildman–Crippen MR) is 116 cm³/mol. The number of rotatable bonds is 5. The molecule has 0 saturated heterocycles. The summed E-state index contributed by atoms with van der Waals surface area (Å²) in [6, 6.07) is 10.7. The number of anilines is 1.